The van der Waals surface area contributed by atoms with Crippen LogP contribution in [-0.2, 0) is 12.1 Å². The van der Waals surface area contributed by atoms with Gasteiger partial charge in [-0.05, 0) is 36.7 Å². The molecule has 2 aromatic carbocycles. The summed E-state index contributed by atoms with van der Waals surface area (Å²) in [6, 6.07) is 18.3. The van der Waals surface area contributed by atoms with E-state index in [0.717, 1.165) is 37.2 Å². The van der Waals surface area contributed by atoms with Crippen molar-refractivity contribution in [3.63, 3.8) is 0 Å². The molecule has 0 saturated carbocycles. The van der Waals surface area contributed by atoms with Crippen molar-refractivity contribution < 1.29 is 9.84 Å². The standard InChI is InChI=1S/C22H31NO2/c1-5-14-22(24,20-12-9-13-21(15-20)25-4)18(2)16-23(3)17-19-10-7-6-8-11-19/h6-13,15,18,24H,5,14,16-17H2,1-4H3/t18-,22-/m0/s1. The molecule has 2 rings (SSSR count). The Balaban J connectivity index is 2.14. The molecule has 2 atom stereocenters. The lowest BCUT2D eigenvalue weighted by Crippen LogP contribution is -2.40. The summed E-state index contributed by atoms with van der Waals surface area (Å²) in [5.74, 6) is 0.894. The van der Waals surface area contributed by atoms with E-state index in [0.29, 0.717) is 0 Å². The first-order valence-electron chi connectivity index (χ1n) is 9.09. The van der Waals surface area contributed by atoms with Gasteiger partial charge in [-0.1, -0.05) is 62.7 Å². The van der Waals surface area contributed by atoms with Gasteiger partial charge in [0, 0.05) is 19.0 Å². The number of nitrogens with zero attached hydrogens (tertiary/aromatic N) is 1. The normalized spacial score (nSPS) is 15.0. The summed E-state index contributed by atoms with van der Waals surface area (Å²) >= 11 is 0. The van der Waals surface area contributed by atoms with Gasteiger partial charge in [-0.2, -0.15) is 0 Å². The number of hydrogen-bond donors (Lipinski definition) is 1. The summed E-state index contributed by atoms with van der Waals surface area (Å²) < 4.78 is 5.35. The number of methoxy groups -OCH3 is 1. The Labute approximate surface area is 152 Å². The number of aliphatic hydroxyl groups is 1. The van der Waals surface area contributed by atoms with E-state index in [9.17, 15) is 5.11 Å². The minimum atomic E-state index is -0.853. The molecule has 0 radical (unpaired) electrons. The summed E-state index contributed by atoms with van der Waals surface area (Å²) in [5.41, 5.74) is 1.38. The van der Waals surface area contributed by atoms with Crippen LogP contribution in [0.25, 0.3) is 0 Å². The molecule has 0 aliphatic heterocycles. The molecule has 0 spiro atoms. The van der Waals surface area contributed by atoms with Gasteiger partial charge in [0.2, 0.25) is 0 Å². The van der Waals surface area contributed by atoms with Crippen LogP contribution in [0.1, 0.15) is 37.8 Å². The summed E-state index contributed by atoms with van der Waals surface area (Å²) in [6.45, 7) is 5.95. The second-order valence-electron chi connectivity index (χ2n) is 6.99. The summed E-state index contributed by atoms with van der Waals surface area (Å²) in [6.07, 6.45) is 1.67. The van der Waals surface area contributed by atoms with Gasteiger partial charge in [0.15, 0.2) is 0 Å². The minimum absolute atomic E-state index is 0.105. The Kier molecular flexibility index (Phi) is 7.03. The van der Waals surface area contributed by atoms with Crippen molar-refractivity contribution in [2.45, 2.75) is 38.8 Å². The van der Waals surface area contributed by atoms with Crippen molar-refractivity contribution in [2.24, 2.45) is 5.92 Å². The van der Waals surface area contributed by atoms with Crippen LogP contribution in [0.2, 0.25) is 0 Å². The molecule has 3 heteroatoms. The SMILES string of the molecule is CCC[C@@](O)(c1cccc(OC)c1)[C@@H](C)CN(C)Cc1ccccc1. The summed E-state index contributed by atoms with van der Waals surface area (Å²) in [5, 5.41) is 11.5. The van der Waals surface area contributed by atoms with Crippen LogP contribution in [0, 0.1) is 5.92 Å². The molecule has 3 nitrogen and oxygen atoms in total. The molecular weight excluding hydrogens is 310 g/mol. The van der Waals surface area contributed by atoms with Crippen LogP contribution >= 0.6 is 0 Å². The maximum atomic E-state index is 11.5. The Bertz CT molecular complexity index is 643. The van der Waals surface area contributed by atoms with E-state index < -0.39 is 5.60 Å². The topological polar surface area (TPSA) is 32.7 Å². The first kappa shape index (κ1) is 19.5. The van der Waals surface area contributed by atoms with Gasteiger partial charge in [0.1, 0.15) is 5.75 Å². The lowest BCUT2D eigenvalue weighted by molar-refractivity contribution is -0.0366. The zero-order valence-electron chi connectivity index (χ0n) is 15.9. The predicted molar refractivity (Wildman–Crippen MR) is 104 cm³/mol. The Morgan fingerprint density at radius 3 is 2.48 bits per heavy atom. The molecule has 0 unspecified atom stereocenters. The molecular formula is C22H31NO2. The molecule has 0 saturated heterocycles. The molecule has 25 heavy (non-hydrogen) atoms. The lowest BCUT2D eigenvalue weighted by Gasteiger charge is -2.37. The van der Waals surface area contributed by atoms with Crippen molar-refractivity contribution in [1.82, 2.24) is 4.90 Å². The molecule has 0 heterocycles. The smallest absolute Gasteiger partial charge is 0.119 e. The van der Waals surface area contributed by atoms with Crippen molar-refractivity contribution in [2.75, 3.05) is 20.7 Å². The third kappa shape index (κ3) is 5.07. The maximum absolute atomic E-state index is 11.5. The van der Waals surface area contributed by atoms with Gasteiger partial charge in [0.25, 0.3) is 0 Å². The minimum Gasteiger partial charge on any atom is -0.497 e. The Morgan fingerprint density at radius 1 is 1.12 bits per heavy atom. The van der Waals surface area contributed by atoms with E-state index in [1.54, 1.807) is 7.11 Å². The van der Waals surface area contributed by atoms with Gasteiger partial charge in [-0.25, -0.2) is 0 Å². The molecule has 0 aromatic heterocycles. The van der Waals surface area contributed by atoms with E-state index in [-0.39, 0.29) is 5.92 Å². The Morgan fingerprint density at radius 2 is 1.84 bits per heavy atom. The molecule has 0 bridgehead atoms. The van der Waals surface area contributed by atoms with E-state index in [2.05, 4.69) is 50.1 Å². The maximum Gasteiger partial charge on any atom is 0.119 e. The second-order valence-corrected chi connectivity index (χ2v) is 6.99. The van der Waals surface area contributed by atoms with Crippen molar-refractivity contribution >= 4 is 0 Å². The zero-order chi connectivity index (χ0) is 18.3. The van der Waals surface area contributed by atoms with Crippen LogP contribution in [0.15, 0.2) is 54.6 Å². The van der Waals surface area contributed by atoms with Crippen LogP contribution in [0.4, 0.5) is 0 Å². The van der Waals surface area contributed by atoms with Crippen LogP contribution in [0.3, 0.4) is 0 Å². The average molecular weight is 341 g/mol. The van der Waals surface area contributed by atoms with Gasteiger partial charge in [-0.15, -0.1) is 0 Å². The highest BCUT2D eigenvalue weighted by atomic mass is 16.5. The fraction of sp³-hybridized carbons (Fsp3) is 0.455. The first-order chi connectivity index (χ1) is 12.0. The van der Waals surface area contributed by atoms with Crippen LogP contribution < -0.4 is 4.74 Å². The number of hydrogen-bond acceptors (Lipinski definition) is 3. The third-order valence-corrected chi connectivity index (χ3v) is 4.90. The van der Waals surface area contributed by atoms with Gasteiger partial charge in [0.05, 0.1) is 12.7 Å². The second kappa shape index (κ2) is 9.02. The number of ether oxygens (including phenoxy) is 1. The molecule has 1 N–H and O–H groups in total. The summed E-state index contributed by atoms with van der Waals surface area (Å²) in [4.78, 5) is 2.28. The van der Waals surface area contributed by atoms with Gasteiger partial charge >= 0.3 is 0 Å². The first-order valence-corrected chi connectivity index (χ1v) is 9.09. The molecule has 0 aliphatic rings. The van der Waals surface area contributed by atoms with E-state index in [1.807, 2.05) is 30.3 Å². The zero-order valence-corrected chi connectivity index (χ0v) is 15.9. The molecule has 0 amide bonds. The van der Waals surface area contributed by atoms with Gasteiger partial charge < -0.3 is 14.7 Å². The molecule has 0 fully saturated rings. The molecule has 2 aromatic rings. The fourth-order valence-corrected chi connectivity index (χ4v) is 3.53. The van der Waals surface area contributed by atoms with E-state index in [1.165, 1.54) is 5.56 Å². The largest absolute Gasteiger partial charge is 0.497 e. The van der Waals surface area contributed by atoms with Crippen LogP contribution in [-0.4, -0.2) is 30.7 Å². The quantitative estimate of drug-likeness (QED) is 0.731. The van der Waals surface area contributed by atoms with Crippen molar-refractivity contribution in [1.29, 1.82) is 0 Å². The van der Waals surface area contributed by atoms with Crippen LogP contribution in [0.5, 0.6) is 5.75 Å². The highest BCUT2D eigenvalue weighted by molar-refractivity contribution is 5.33. The highest BCUT2D eigenvalue weighted by Crippen LogP contribution is 2.36. The van der Waals surface area contributed by atoms with Crippen molar-refractivity contribution in [3.05, 3.63) is 65.7 Å². The predicted octanol–water partition coefficient (Wildman–Crippen LogP) is 4.45. The lowest BCUT2D eigenvalue weighted by atomic mass is 9.78. The van der Waals surface area contributed by atoms with Crippen molar-refractivity contribution in [3.8, 4) is 5.75 Å². The fourth-order valence-electron chi connectivity index (χ4n) is 3.53. The molecule has 136 valence electrons. The Hall–Kier alpha value is -1.84. The summed E-state index contributed by atoms with van der Waals surface area (Å²) in [7, 11) is 3.77. The van der Waals surface area contributed by atoms with E-state index >= 15 is 0 Å². The number of benzene rings is 2. The average Bonchev–Trinajstić information content (AvgIpc) is 2.62. The number of rotatable bonds is 9. The van der Waals surface area contributed by atoms with Gasteiger partial charge in [-0.3, -0.25) is 0 Å². The highest BCUT2D eigenvalue weighted by Gasteiger charge is 2.35. The third-order valence-electron chi connectivity index (χ3n) is 4.90. The monoisotopic (exact) mass is 341 g/mol. The molecule has 0 aliphatic carbocycles. The van der Waals surface area contributed by atoms with E-state index in [4.69, 9.17) is 4.74 Å².